The molecule has 0 radical (unpaired) electrons. The van der Waals surface area contributed by atoms with Crippen molar-refractivity contribution in [3.63, 3.8) is 0 Å². The van der Waals surface area contributed by atoms with Crippen molar-refractivity contribution in [1.82, 2.24) is 4.98 Å². The van der Waals surface area contributed by atoms with E-state index in [4.69, 9.17) is 9.52 Å². The molecule has 2 unspecified atom stereocenters. The number of fused-ring (bicyclic) bond motifs is 1. The van der Waals surface area contributed by atoms with Crippen LogP contribution < -0.4 is 0 Å². The summed E-state index contributed by atoms with van der Waals surface area (Å²) in [6, 6.07) is 4.95. The van der Waals surface area contributed by atoms with E-state index < -0.39 is 18.8 Å². The first kappa shape index (κ1) is 11.1. The number of aliphatic hydroxyl groups excluding tert-OH is 3. The molecule has 2 rings (SSSR count). The molecule has 1 heterocycles. The van der Waals surface area contributed by atoms with Crippen molar-refractivity contribution in [3.8, 4) is 0 Å². The summed E-state index contributed by atoms with van der Waals surface area (Å²) in [7, 11) is 0. The molecule has 0 aliphatic rings. The van der Waals surface area contributed by atoms with Crippen molar-refractivity contribution < 1.29 is 19.7 Å². The highest BCUT2D eigenvalue weighted by molar-refractivity contribution is 5.73. The lowest BCUT2D eigenvalue weighted by Gasteiger charge is -2.15. The predicted molar refractivity (Wildman–Crippen MR) is 56.8 cm³/mol. The fourth-order valence-corrected chi connectivity index (χ4v) is 1.57. The maximum absolute atomic E-state index is 9.69. The second-order valence-electron chi connectivity index (χ2n) is 3.65. The molecule has 0 bridgehead atoms. The van der Waals surface area contributed by atoms with Crippen molar-refractivity contribution in [2.45, 2.75) is 19.1 Å². The summed E-state index contributed by atoms with van der Waals surface area (Å²) in [5.74, 6) is 0.546. The molecule has 0 saturated heterocycles. The van der Waals surface area contributed by atoms with E-state index in [9.17, 15) is 10.2 Å². The normalized spacial score (nSPS) is 15.2. The molecule has 0 aliphatic heterocycles. The van der Waals surface area contributed by atoms with Crippen LogP contribution >= 0.6 is 0 Å². The number of aliphatic hydroxyl groups is 3. The number of aromatic nitrogens is 1. The standard InChI is InChI=1S/C11H13NO4/c1-6-12-8-4-7(2-3-10(8)16-6)11(15)9(14)5-13/h2-4,9,11,13-15H,5H2,1H3. The highest BCUT2D eigenvalue weighted by Gasteiger charge is 2.18. The summed E-state index contributed by atoms with van der Waals surface area (Å²) in [6.45, 7) is 1.25. The zero-order chi connectivity index (χ0) is 11.7. The van der Waals surface area contributed by atoms with Gasteiger partial charge in [-0.15, -0.1) is 0 Å². The van der Waals surface area contributed by atoms with E-state index in [-0.39, 0.29) is 0 Å². The average Bonchev–Trinajstić information content (AvgIpc) is 2.65. The smallest absolute Gasteiger partial charge is 0.192 e. The molecule has 86 valence electrons. The number of oxazole rings is 1. The molecular weight excluding hydrogens is 210 g/mol. The molecule has 2 atom stereocenters. The van der Waals surface area contributed by atoms with Gasteiger partial charge in [0.05, 0.1) is 6.61 Å². The topological polar surface area (TPSA) is 86.7 Å². The van der Waals surface area contributed by atoms with Crippen LogP contribution in [-0.2, 0) is 0 Å². The van der Waals surface area contributed by atoms with Crippen molar-refractivity contribution in [1.29, 1.82) is 0 Å². The second kappa shape index (κ2) is 4.21. The van der Waals surface area contributed by atoms with Crippen LogP contribution in [0.15, 0.2) is 22.6 Å². The fourth-order valence-electron chi connectivity index (χ4n) is 1.57. The second-order valence-corrected chi connectivity index (χ2v) is 3.65. The minimum Gasteiger partial charge on any atom is -0.441 e. The Labute approximate surface area is 92.0 Å². The first-order valence-corrected chi connectivity index (χ1v) is 4.96. The van der Waals surface area contributed by atoms with E-state index in [1.54, 1.807) is 25.1 Å². The average molecular weight is 223 g/mol. The van der Waals surface area contributed by atoms with Crippen LogP contribution in [0.1, 0.15) is 17.6 Å². The van der Waals surface area contributed by atoms with Gasteiger partial charge in [0.2, 0.25) is 0 Å². The Bertz CT molecular complexity index is 494. The Balaban J connectivity index is 2.38. The van der Waals surface area contributed by atoms with Gasteiger partial charge in [0.1, 0.15) is 17.7 Å². The van der Waals surface area contributed by atoms with Crippen LogP contribution in [0.4, 0.5) is 0 Å². The number of aryl methyl sites for hydroxylation is 1. The number of rotatable bonds is 3. The summed E-state index contributed by atoms with van der Waals surface area (Å²) >= 11 is 0. The first-order valence-electron chi connectivity index (χ1n) is 4.96. The molecule has 0 amide bonds. The van der Waals surface area contributed by atoms with Crippen LogP contribution in [0.2, 0.25) is 0 Å². The molecule has 5 heteroatoms. The predicted octanol–water partition coefficient (Wildman–Crippen LogP) is 0.523. The third-order valence-corrected chi connectivity index (χ3v) is 2.41. The van der Waals surface area contributed by atoms with Crippen LogP contribution in [0.25, 0.3) is 11.1 Å². The molecule has 16 heavy (non-hydrogen) atoms. The summed E-state index contributed by atoms with van der Waals surface area (Å²) in [5.41, 5.74) is 1.76. The molecule has 0 aliphatic carbocycles. The molecule has 5 nitrogen and oxygen atoms in total. The highest BCUT2D eigenvalue weighted by Crippen LogP contribution is 2.22. The summed E-state index contributed by atoms with van der Waals surface area (Å²) in [5, 5.41) is 27.7. The van der Waals surface area contributed by atoms with Gasteiger partial charge in [-0.2, -0.15) is 0 Å². The maximum Gasteiger partial charge on any atom is 0.192 e. The van der Waals surface area contributed by atoms with Gasteiger partial charge in [-0.25, -0.2) is 4.98 Å². The van der Waals surface area contributed by atoms with E-state index in [2.05, 4.69) is 4.98 Å². The number of hydrogen-bond acceptors (Lipinski definition) is 5. The summed E-state index contributed by atoms with van der Waals surface area (Å²) < 4.78 is 5.28. The minimum atomic E-state index is -1.19. The van der Waals surface area contributed by atoms with E-state index in [1.807, 2.05) is 0 Å². The Hall–Kier alpha value is -1.43. The van der Waals surface area contributed by atoms with Crippen molar-refractivity contribution in [2.75, 3.05) is 6.61 Å². The molecule has 0 spiro atoms. The fraction of sp³-hybridized carbons (Fsp3) is 0.364. The molecular formula is C11H13NO4. The summed E-state index contributed by atoms with van der Waals surface area (Å²) in [4.78, 5) is 4.12. The van der Waals surface area contributed by atoms with Gasteiger partial charge in [0.25, 0.3) is 0 Å². The van der Waals surface area contributed by atoms with E-state index >= 15 is 0 Å². The van der Waals surface area contributed by atoms with Crippen LogP contribution in [0, 0.1) is 6.92 Å². The number of nitrogens with zero attached hydrogens (tertiary/aromatic N) is 1. The first-order chi connectivity index (χ1) is 7.61. The van der Waals surface area contributed by atoms with Crippen molar-refractivity contribution in [3.05, 3.63) is 29.7 Å². The third-order valence-electron chi connectivity index (χ3n) is 2.41. The van der Waals surface area contributed by atoms with Gasteiger partial charge in [-0.1, -0.05) is 6.07 Å². The monoisotopic (exact) mass is 223 g/mol. The van der Waals surface area contributed by atoms with Crippen molar-refractivity contribution in [2.24, 2.45) is 0 Å². The number of hydrogen-bond donors (Lipinski definition) is 3. The van der Waals surface area contributed by atoms with E-state index in [0.29, 0.717) is 22.6 Å². The largest absolute Gasteiger partial charge is 0.441 e. The Morgan fingerprint density at radius 2 is 2.12 bits per heavy atom. The van der Waals surface area contributed by atoms with Gasteiger partial charge in [-0.05, 0) is 17.7 Å². The molecule has 0 saturated carbocycles. The quantitative estimate of drug-likeness (QED) is 0.706. The Kier molecular flexibility index (Phi) is 2.91. The molecule has 3 N–H and O–H groups in total. The van der Waals surface area contributed by atoms with Gasteiger partial charge < -0.3 is 19.7 Å². The summed E-state index contributed by atoms with van der Waals surface area (Å²) in [6.07, 6.45) is -2.31. The van der Waals surface area contributed by atoms with Gasteiger partial charge in [0, 0.05) is 6.92 Å². The maximum atomic E-state index is 9.69. The number of benzene rings is 1. The van der Waals surface area contributed by atoms with Crippen LogP contribution in [0.5, 0.6) is 0 Å². The minimum absolute atomic E-state index is 0.489. The molecule has 0 fully saturated rings. The SMILES string of the molecule is Cc1nc2cc(C(O)C(O)CO)ccc2o1. The molecule has 1 aromatic heterocycles. The van der Waals surface area contributed by atoms with E-state index in [0.717, 1.165) is 0 Å². The van der Waals surface area contributed by atoms with Gasteiger partial charge in [0.15, 0.2) is 11.5 Å². The molecule has 1 aromatic carbocycles. The highest BCUT2D eigenvalue weighted by atomic mass is 16.4. The van der Waals surface area contributed by atoms with Crippen LogP contribution in [0.3, 0.4) is 0 Å². The molecule has 2 aromatic rings. The third kappa shape index (κ3) is 1.92. The lowest BCUT2D eigenvalue weighted by Crippen LogP contribution is -2.21. The van der Waals surface area contributed by atoms with E-state index in [1.165, 1.54) is 0 Å². The van der Waals surface area contributed by atoms with Gasteiger partial charge in [-0.3, -0.25) is 0 Å². The van der Waals surface area contributed by atoms with Crippen LogP contribution in [-0.4, -0.2) is 33.0 Å². The lowest BCUT2D eigenvalue weighted by molar-refractivity contribution is -0.0152. The Morgan fingerprint density at radius 1 is 1.38 bits per heavy atom. The Morgan fingerprint density at radius 3 is 2.81 bits per heavy atom. The van der Waals surface area contributed by atoms with Gasteiger partial charge >= 0.3 is 0 Å². The van der Waals surface area contributed by atoms with Crippen molar-refractivity contribution >= 4 is 11.1 Å². The zero-order valence-electron chi connectivity index (χ0n) is 8.79. The zero-order valence-corrected chi connectivity index (χ0v) is 8.79. The lowest BCUT2D eigenvalue weighted by atomic mass is 10.0.